The number of rotatable bonds is 7. The van der Waals surface area contributed by atoms with E-state index in [1.807, 2.05) is 36.4 Å². The van der Waals surface area contributed by atoms with Gasteiger partial charge in [-0.1, -0.05) is 22.0 Å². The second kappa shape index (κ2) is 7.75. The molecule has 1 aromatic heterocycles. The molecule has 1 amide bonds. The summed E-state index contributed by atoms with van der Waals surface area (Å²) in [5.74, 6) is 1.89. The van der Waals surface area contributed by atoms with E-state index in [4.69, 9.17) is 4.74 Å². The molecule has 1 heterocycles. The van der Waals surface area contributed by atoms with Crippen LogP contribution in [0.1, 0.15) is 19.8 Å². The molecule has 1 aliphatic rings. The Kier molecular flexibility index (Phi) is 5.17. The Morgan fingerprint density at radius 1 is 1.21 bits per heavy atom. The fourth-order valence-electron chi connectivity index (χ4n) is 3.42. The second-order valence-electron chi connectivity index (χ2n) is 7.03. The van der Waals surface area contributed by atoms with Gasteiger partial charge in [-0.3, -0.25) is 4.79 Å². The summed E-state index contributed by atoms with van der Waals surface area (Å²) in [7, 11) is 1.66. The summed E-state index contributed by atoms with van der Waals surface area (Å²) in [5, 5.41) is 15.7. The molecule has 3 aromatic rings. The van der Waals surface area contributed by atoms with Gasteiger partial charge in [-0.25, -0.2) is 0 Å². The number of hydrogen-bond acceptors (Lipinski definition) is 5. The Morgan fingerprint density at radius 3 is 2.75 bits per heavy atom. The number of anilines is 2. The lowest BCUT2D eigenvalue weighted by Crippen LogP contribution is -2.19. The third-order valence-corrected chi connectivity index (χ3v) is 5.63. The number of nitrogens with one attached hydrogen (secondary N) is 2. The molecule has 1 fully saturated rings. The van der Waals surface area contributed by atoms with Gasteiger partial charge >= 0.3 is 0 Å². The zero-order chi connectivity index (χ0) is 19.7. The van der Waals surface area contributed by atoms with Gasteiger partial charge in [0.1, 0.15) is 5.75 Å². The summed E-state index contributed by atoms with van der Waals surface area (Å²) in [5.41, 5.74) is 3.53. The van der Waals surface area contributed by atoms with E-state index in [9.17, 15) is 4.79 Å². The van der Waals surface area contributed by atoms with E-state index in [1.165, 1.54) is 12.8 Å². The lowest BCUT2D eigenvalue weighted by molar-refractivity contribution is -0.105. The molecule has 0 bridgehead atoms. The van der Waals surface area contributed by atoms with Crippen molar-refractivity contribution >= 4 is 44.7 Å². The Bertz CT molecular complexity index is 1040. The zero-order valence-electron chi connectivity index (χ0n) is 15.7. The van der Waals surface area contributed by atoms with Gasteiger partial charge in [0.15, 0.2) is 5.82 Å². The number of methoxy groups -OCH3 is 1. The van der Waals surface area contributed by atoms with Crippen LogP contribution in [0, 0.1) is 5.92 Å². The topological polar surface area (TPSA) is 76.1 Å². The number of hydrogen-bond donors (Lipinski definition) is 2. The van der Waals surface area contributed by atoms with E-state index >= 15 is 0 Å². The third kappa shape index (κ3) is 3.67. The highest BCUT2D eigenvalue weighted by Gasteiger charge is 2.29. The highest BCUT2D eigenvalue weighted by atomic mass is 79.9. The van der Waals surface area contributed by atoms with E-state index in [0.29, 0.717) is 24.2 Å². The van der Waals surface area contributed by atoms with E-state index in [-0.39, 0.29) is 0 Å². The highest BCUT2D eigenvalue weighted by Crippen LogP contribution is 2.38. The molecule has 144 valence electrons. The molecule has 1 atom stereocenters. The van der Waals surface area contributed by atoms with Crippen LogP contribution in [0.3, 0.4) is 0 Å². The van der Waals surface area contributed by atoms with Crippen molar-refractivity contribution < 1.29 is 9.53 Å². The van der Waals surface area contributed by atoms with Crippen LogP contribution in [0.5, 0.6) is 5.75 Å². The Balaban J connectivity index is 1.80. The fraction of sp³-hybridized carbons (Fsp3) is 0.286. The first kappa shape index (κ1) is 18.7. The fourth-order valence-corrected chi connectivity index (χ4v) is 3.76. The first-order chi connectivity index (χ1) is 13.6. The van der Waals surface area contributed by atoms with Crippen LogP contribution in [-0.4, -0.2) is 29.8 Å². The van der Waals surface area contributed by atoms with Crippen LogP contribution in [0.4, 0.5) is 11.5 Å². The number of ether oxygens (including phenoxy) is 1. The van der Waals surface area contributed by atoms with Crippen molar-refractivity contribution in [3.63, 3.8) is 0 Å². The van der Waals surface area contributed by atoms with Crippen LogP contribution in [0.2, 0.25) is 0 Å². The van der Waals surface area contributed by atoms with E-state index < -0.39 is 0 Å². The number of carbonyl (C=O) groups excluding carboxylic acids is 1. The number of amides is 1. The van der Waals surface area contributed by atoms with Crippen LogP contribution in [-0.2, 0) is 4.79 Å². The molecule has 0 unspecified atom stereocenters. The highest BCUT2D eigenvalue weighted by molar-refractivity contribution is 9.10. The number of halogens is 1. The molecule has 1 saturated carbocycles. The van der Waals surface area contributed by atoms with Gasteiger partial charge in [-0.15, -0.1) is 10.2 Å². The third-order valence-electron chi connectivity index (χ3n) is 5.13. The van der Waals surface area contributed by atoms with Crippen molar-refractivity contribution in [3.05, 3.63) is 40.9 Å². The molecule has 7 heteroatoms. The van der Waals surface area contributed by atoms with Crippen LogP contribution < -0.4 is 15.4 Å². The summed E-state index contributed by atoms with van der Waals surface area (Å²) in [6, 6.07) is 12.3. The molecule has 1 aliphatic carbocycles. The smallest absolute Gasteiger partial charge is 0.212 e. The molecule has 6 nitrogen and oxygen atoms in total. The normalized spacial score (nSPS) is 14.5. The molecule has 28 heavy (non-hydrogen) atoms. The number of benzene rings is 2. The summed E-state index contributed by atoms with van der Waals surface area (Å²) >= 11 is 3.48. The number of carbonyl (C=O) groups is 1. The number of nitrogens with zero attached hydrogens (tertiary/aromatic N) is 2. The first-order valence-corrected chi connectivity index (χ1v) is 10.0. The van der Waals surface area contributed by atoms with Gasteiger partial charge in [0.2, 0.25) is 6.41 Å². The SMILES string of the molecule is COc1cc(Br)ccc1-c1ccc2c(N[C@H](C)C3CC3)c(NC=O)nnc2c1. The summed E-state index contributed by atoms with van der Waals surface area (Å²) in [6.07, 6.45) is 3.09. The molecular formula is C21H21BrN4O2. The monoisotopic (exact) mass is 440 g/mol. The Morgan fingerprint density at radius 2 is 2.04 bits per heavy atom. The maximum absolute atomic E-state index is 11.0. The lowest BCUT2D eigenvalue weighted by atomic mass is 10.0. The quantitative estimate of drug-likeness (QED) is 0.513. The van der Waals surface area contributed by atoms with Crippen LogP contribution in [0.15, 0.2) is 40.9 Å². The molecule has 0 saturated heterocycles. The lowest BCUT2D eigenvalue weighted by Gasteiger charge is -2.18. The first-order valence-electron chi connectivity index (χ1n) is 9.21. The molecule has 0 spiro atoms. The summed E-state index contributed by atoms with van der Waals surface area (Å²) in [4.78, 5) is 11.0. The van der Waals surface area contributed by atoms with Gasteiger partial charge in [-0.05, 0) is 61.6 Å². The van der Waals surface area contributed by atoms with Crippen molar-refractivity contribution in [1.82, 2.24) is 10.2 Å². The van der Waals surface area contributed by atoms with E-state index in [0.717, 1.165) is 37.9 Å². The largest absolute Gasteiger partial charge is 0.496 e. The Hall–Kier alpha value is -2.67. The minimum atomic E-state index is 0.311. The van der Waals surface area contributed by atoms with Crippen LogP contribution in [0.25, 0.3) is 22.0 Å². The zero-order valence-corrected chi connectivity index (χ0v) is 17.3. The molecular weight excluding hydrogens is 420 g/mol. The molecule has 2 N–H and O–H groups in total. The van der Waals surface area contributed by atoms with Gasteiger partial charge in [0.25, 0.3) is 0 Å². The Labute approximate surface area is 171 Å². The van der Waals surface area contributed by atoms with Crippen molar-refractivity contribution in [2.75, 3.05) is 17.7 Å². The predicted octanol–water partition coefficient (Wildman–Crippen LogP) is 4.85. The van der Waals surface area contributed by atoms with Crippen molar-refractivity contribution in [2.45, 2.75) is 25.8 Å². The maximum Gasteiger partial charge on any atom is 0.212 e. The van der Waals surface area contributed by atoms with Gasteiger partial charge in [-0.2, -0.15) is 0 Å². The number of aromatic nitrogens is 2. The summed E-state index contributed by atoms with van der Waals surface area (Å²) < 4.78 is 6.48. The van der Waals surface area contributed by atoms with E-state index in [2.05, 4.69) is 43.7 Å². The van der Waals surface area contributed by atoms with Crippen molar-refractivity contribution in [2.24, 2.45) is 5.92 Å². The average Bonchev–Trinajstić information content (AvgIpc) is 3.54. The van der Waals surface area contributed by atoms with Crippen molar-refractivity contribution in [3.8, 4) is 16.9 Å². The minimum absolute atomic E-state index is 0.311. The minimum Gasteiger partial charge on any atom is -0.496 e. The standard InChI is InChI=1S/C21H21BrN4O2/c1-12(13-3-4-13)24-20-17-7-5-14(9-18(17)25-26-21(20)23-11-27)16-8-6-15(22)10-19(16)28-2/h5-13H,3-4H2,1-2H3,(H,24,25)(H,23,26,27)/t12-/m1/s1. The molecule has 0 radical (unpaired) electrons. The van der Waals surface area contributed by atoms with E-state index in [1.54, 1.807) is 7.11 Å². The van der Waals surface area contributed by atoms with Crippen molar-refractivity contribution in [1.29, 1.82) is 0 Å². The molecule has 0 aliphatic heterocycles. The maximum atomic E-state index is 11.0. The molecule has 4 rings (SSSR count). The second-order valence-corrected chi connectivity index (χ2v) is 7.95. The van der Waals surface area contributed by atoms with Gasteiger partial charge in [0.05, 0.1) is 18.3 Å². The van der Waals surface area contributed by atoms with Gasteiger partial charge < -0.3 is 15.4 Å². The molecule has 2 aromatic carbocycles. The number of fused-ring (bicyclic) bond motifs is 1. The van der Waals surface area contributed by atoms with Gasteiger partial charge in [0, 0.05) is 21.5 Å². The predicted molar refractivity (Wildman–Crippen MR) is 115 cm³/mol. The summed E-state index contributed by atoms with van der Waals surface area (Å²) in [6.45, 7) is 2.16. The van der Waals surface area contributed by atoms with Crippen LogP contribution >= 0.6 is 15.9 Å². The average molecular weight is 441 g/mol.